The molecule has 0 unspecified atom stereocenters. The maximum Gasteiger partial charge on any atom is 0.326 e. The molecule has 4 rings (SSSR count). The monoisotopic (exact) mass is 409 g/mol. The zero-order chi connectivity index (χ0) is 20.2. The highest BCUT2D eigenvalue weighted by atomic mass is 35.5. The third kappa shape index (κ3) is 4.59. The number of hydrogen-bond acceptors (Lipinski definition) is 3. The number of benzene rings is 2. The van der Waals surface area contributed by atoms with E-state index in [1.807, 2.05) is 35.9 Å². The van der Waals surface area contributed by atoms with Crippen molar-refractivity contribution in [3.63, 3.8) is 0 Å². The maximum absolute atomic E-state index is 13.2. The number of para-hydroxylation sites is 1. The first-order chi connectivity index (χ1) is 14.1. The second-order valence-corrected chi connectivity index (χ2v) is 7.72. The van der Waals surface area contributed by atoms with Gasteiger partial charge in [-0.1, -0.05) is 36.2 Å². The van der Waals surface area contributed by atoms with E-state index < -0.39 is 0 Å². The molecule has 1 N–H and O–H groups in total. The van der Waals surface area contributed by atoms with E-state index in [2.05, 4.69) is 10.4 Å². The largest absolute Gasteiger partial charge is 0.326 e. The molecular formula is C22H24ClN5O. The number of halogens is 1. The topological polar surface area (TPSA) is 63.1 Å². The van der Waals surface area contributed by atoms with Crippen LogP contribution in [0.1, 0.15) is 36.5 Å². The van der Waals surface area contributed by atoms with E-state index in [0.717, 1.165) is 42.9 Å². The van der Waals surface area contributed by atoms with Crippen LogP contribution < -0.4 is 10.2 Å². The minimum absolute atomic E-state index is 0.230. The molecule has 1 aliphatic rings. The van der Waals surface area contributed by atoms with Crippen LogP contribution in [-0.2, 0) is 19.5 Å². The van der Waals surface area contributed by atoms with Crippen LogP contribution in [0.2, 0.25) is 5.02 Å². The average molecular weight is 410 g/mol. The van der Waals surface area contributed by atoms with Gasteiger partial charge in [0.25, 0.3) is 0 Å². The summed E-state index contributed by atoms with van der Waals surface area (Å²) in [6, 6.07) is 14.7. The first-order valence-corrected chi connectivity index (χ1v) is 10.3. The number of anilines is 2. The number of carbonyl (C=O) groups excluding carboxylic acids is 1. The standard InChI is InChI=1S/C22H24ClN5O/c1-16-7-4-5-8-19(16)27(22(29)24-18-12-10-17(23)11-13-18)15-20-25-21-9-3-2-6-14-28(21)26-20/h4-5,7-8,10-13H,2-3,6,9,14-15H2,1H3,(H,24,29). The van der Waals surface area contributed by atoms with Gasteiger partial charge in [-0.05, 0) is 55.7 Å². The average Bonchev–Trinajstić information content (AvgIpc) is 2.97. The van der Waals surface area contributed by atoms with Crippen LogP contribution in [-0.4, -0.2) is 20.8 Å². The Bertz CT molecular complexity index is 975. The van der Waals surface area contributed by atoms with E-state index in [1.165, 1.54) is 6.42 Å². The predicted molar refractivity (Wildman–Crippen MR) is 115 cm³/mol. The molecule has 2 heterocycles. The number of carbonyl (C=O) groups is 1. The minimum Gasteiger partial charge on any atom is -0.308 e. The summed E-state index contributed by atoms with van der Waals surface area (Å²) in [7, 11) is 0. The number of hydrogen-bond donors (Lipinski definition) is 1. The fourth-order valence-electron chi connectivity index (χ4n) is 3.58. The molecule has 150 valence electrons. The van der Waals surface area contributed by atoms with Crippen LogP contribution in [0.4, 0.5) is 16.2 Å². The molecule has 1 aromatic heterocycles. The van der Waals surface area contributed by atoms with Gasteiger partial charge in [0.1, 0.15) is 5.82 Å². The highest BCUT2D eigenvalue weighted by molar-refractivity contribution is 6.30. The zero-order valence-electron chi connectivity index (χ0n) is 16.4. The Hall–Kier alpha value is -2.86. The predicted octanol–water partition coefficient (Wildman–Crippen LogP) is 5.21. The molecule has 0 aliphatic carbocycles. The lowest BCUT2D eigenvalue weighted by Crippen LogP contribution is -2.35. The van der Waals surface area contributed by atoms with E-state index in [-0.39, 0.29) is 6.03 Å². The Labute approximate surface area is 175 Å². The van der Waals surface area contributed by atoms with Crippen molar-refractivity contribution in [1.82, 2.24) is 14.8 Å². The Morgan fingerprint density at radius 2 is 1.93 bits per heavy atom. The number of aromatic nitrogens is 3. The van der Waals surface area contributed by atoms with Crippen molar-refractivity contribution in [1.29, 1.82) is 0 Å². The second kappa shape index (κ2) is 8.66. The van der Waals surface area contributed by atoms with E-state index in [1.54, 1.807) is 29.2 Å². The SMILES string of the molecule is Cc1ccccc1N(Cc1nc2n(n1)CCCCC2)C(=O)Nc1ccc(Cl)cc1. The number of fused-ring (bicyclic) bond motifs is 1. The molecule has 0 atom stereocenters. The molecule has 29 heavy (non-hydrogen) atoms. The van der Waals surface area contributed by atoms with Crippen LogP contribution in [0.15, 0.2) is 48.5 Å². The Morgan fingerprint density at radius 1 is 1.14 bits per heavy atom. The zero-order valence-corrected chi connectivity index (χ0v) is 17.2. The summed E-state index contributed by atoms with van der Waals surface area (Å²) in [4.78, 5) is 19.6. The number of rotatable bonds is 4. The summed E-state index contributed by atoms with van der Waals surface area (Å²) in [5.74, 6) is 1.68. The van der Waals surface area contributed by atoms with Gasteiger partial charge in [-0.3, -0.25) is 4.90 Å². The summed E-state index contributed by atoms with van der Waals surface area (Å²) in [6.45, 7) is 3.20. The minimum atomic E-state index is -0.230. The van der Waals surface area contributed by atoms with Gasteiger partial charge >= 0.3 is 6.03 Å². The fraction of sp³-hybridized carbons (Fsp3) is 0.318. The number of nitrogens with zero attached hydrogens (tertiary/aromatic N) is 4. The van der Waals surface area contributed by atoms with Crippen molar-refractivity contribution in [3.05, 3.63) is 70.8 Å². The summed E-state index contributed by atoms with van der Waals surface area (Å²) in [5, 5.41) is 8.25. The van der Waals surface area contributed by atoms with Crippen molar-refractivity contribution in [3.8, 4) is 0 Å². The lowest BCUT2D eigenvalue weighted by molar-refractivity contribution is 0.256. The highest BCUT2D eigenvalue weighted by Gasteiger charge is 2.22. The molecule has 2 amide bonds. The number of nitrogens with one attached hydrogen (secondary N) is 1. The van der Waals surface area contributed by atoms with Crippen molar-refractivity contribution in [2.75, 3.05) is 10.2 Å². The van der Waals surface area contributed by atoms with Crippen molar-refractivity contribution in [2.24, 2.45) is 0 Å². The Morgan fingerprint density at radius 3 is 2.72 bits per heavy atom. The van der Waals surface area contributed by atoms with Crippen molar-refractivity contribution in [2.45, 2.75) is 45.7 Å². The molecule has 0 bridgehead atoms. The highest BCUT2D eigenvalue weighted by Crippen LogP contribution is 2.23. The quantitative estimate of drug-likeness (QED) is 0.643. The summed E-state index contributed by atoms with van der Waals surface area (Å²) in [5.41, 5.74) is 2.54. The lowest BCUT2D eigenvalue weighted by Gasteiger charge is -2.23. The van der Waals surface area contributed by atoms with Crippen LogP contribution in [0.5, 0.6) is 0 Å². The van der Waals surface area contributed by atoms with Gasteiger partial charge in [0.2, 0.25) is 0 Å². The normalized spacial score (nSPS) is 13.4. The number of aryl methyl sites for hydroxylation is 3. The summed E-state index contributed by atoms with van der Waals surface area (Å²) < 4.78 is 2.00. The third-order valence-corrected chi connectivity index (χ3v) is 5.36. The van der Waals surface area contributed by atoms with Crippen LogP contribution >= 0.6 is 11.6 Å². The van der Waals surface area contributed by atoms with Crippen LogP contribution in [0, 0.1) is 6.92 Å². The molecular weight excluding hydrogens is 386 g/mol. The first kappa shape index (κ1) is 19.5. The summed E-state index contributed by atoms with van der Waals surface area (Å²) in [6.07, 6.45) is 4.40. The maximum atomic E-state index is 13.2. The fourth-order valence-corrected chi connectivity index (χ4v) is 3.70. The van der Waals surface area contributed by atoms with Crippen LogP contribution in [0.3, 0.4) is 0 Å². The summed E-state index contributed by atoms with van der Waals surface area (Å²) >= 11 is 5.95. The molecule has 7 heteroatoms. The van der Waals surface area contributed by atoms with Crippen LogP contribution in [0.25, 0.3) is 0 Å². The lowest BCUT2D eigenvalue weighted by atomic mass is 10.2. The van der Waals surface area contributed by atoms with Crippen molar-refractivity contribution >= 4 is 29.0 Å². The molecule has 0 spiro atoms. The van der Waals surface area contributed by atoms with Gasteiger partial charge in [-0.15, -0.1) is 0 Å². The van der Waals surface area contributed by atoms with E-state index >= 15 is 0 Å². The van der Waals surface area contributed by atoms with Gasteiger partial charge in [-0.2, -0.15) is 5.10 Å². The molecule has 2 aromatic carbocycles. The van der Waals surface area contributed by atoms with Gasteiger partial charge in [0.15, 0.2) is 5.82 Å². The number of amides is 2. The van der Waals surface area contributed by atoms with Gasteiger partial charge < -0.3 is 5.32 Å². The molecule has 3 aromatic rings. The molecule has 1 aliphatic heterocycles. The smallest absolute Gasteiger partial charge is 0.308 e. The van der Waals surface area contributed by atoms with Crippen molar-refractivity contribution < 1.29 is 4.79 Å². The van der Waals surface area contributed by atoms with Gasteiger partial charge in [0, 0.05) is 29.4 Å². The Kier molecular flexibility index (Phi) is 5.81. The second-order valence-electron chi connectivity index (χ2n) is 7.29. The van der Waals surface area contributed by atoms with E-state index in [0.29, 0.717) is 23.1 Å². The molecule has 0 saturated carbocycles. The molecule has 0 radical (unpaired) electrons. The number of urea groups is 1. The van der Waals surface area contributed by atoms with Gasteiger partial charge in [-0.25, -0.2) is 14.5 Å². The molecule has 6 nitrogen and oxygen atoms in total. The third-order valence-electron chi connectivity index (χ3n) is 5.11. The Balaban J connectivity index is 1.61. The van der Waals surface area contributed by atoms with E-state index in [9.17, 15) is 4.79 Å². The first-order valence-electron chi connectivity index (χ1n) is 9.92. The van der Waals surface area contributed by atoms with Gasteiger partial charge in [0.05, 0.1) is 6.54 Å². The molecule has 0 saturated heterocycles. The van der Waals surface area contributed by atoms with E-state index in [4.69, 9.17) is 16.6 Å². The molecule has 0 fully saturated rings.